The maximum Gasteiger partial charge on any atom is 0.326 e. The van der Waals surface area contributed by atoms with Crippen molar-refractivity contribution in [3.05, 3.63) is 29.8 Å². The second-order valence-corrected chi connectivity index (χ2v) is 26.8. The van der Waals surface area contributed by atoms with Crippen molar-refractivity contribution in [2.24, 2.45) is 94.0 Å². The van der Waals surface area contributed by atoms with Crippen LogP contribution in [0.1, 0.15) is 141 Å². The molecule has 0 bridgehead atoms. The Labute approximate surface area is 604 Å². The quantitative estimate of drug-likeness (QED) is 0.0165. The Hall–Kier alpha value is -10.5. The lowest BCUT2D eigenvalue weighted by atomic mass is 10.00. The number of rotatable bonds is 41. The van der Waals surface area contributed by atoms with Crippen LogP contribution in [0.25, 0.3) is 0 Å². The van der Waals surface area contributed by atoms with Crippen LogP contribution in [0, 0.1) is 5.92 Å². The zero-order chi connectivity index (χ0) is 76.7. The van der Waals surface area contributed by atoms with Gasteiger partial charge in [-0.2, -0.15) is 0 Å². The number of amides is 10. The van der Waals surface area contributed by atoms with E-state index in [1.807, 2.05) is 13.8 Å². The third-order valence-electron chi connectivity index (χ3n) is 18.2. The number of nitrogens with one attached hydrogen (secondary N) is 6. The van der Waals surface area contributed by atoms with Crippen molar-refractivity contribution in [2.45, 2.75) is 209 Å². The highest BCUT2D eigenvalue weighted by Crippen LogP contribution is 2.28. The molecule has 30 N–H and O–H groups in total. The number of carboxylic acid groups (broad SMARTS) is 1. The average molecular weight is 1460 g/mol. The second-order valence-electron chi connectivity index (χ2n) is 26.8. The van der Waals surface area contributed by atoms with Gasteiger partial charge in [-0.15, -0.1) is 0 Å². The molecule has 4 aliphatic heterocycles. The van der Waals surface area contributed by atoms with E-state index in [1.54, 1.807) is 12.1 Å². The van der Waals surface area contributed by atoms with E-state index in [4.69, 9.17) is 63.1 Å². The Morgan fingerprint density at radius 2 is 0.750 bits per heavy atom. The van der Waals surface area contributed by atoms with Gasteiger partial charge in [0.25, 0.3) is 0 Å². The number of guanidine groups is 5. The lowest BCUT2D eigenvalue weighted by Crippen LogP contribution is -2.60. The Morgan fingerprint density at radius 3 is 1.18 bits per heavy atom. The zero-order valence-electron chi connectivity index (χ0n) is 59.5. The number of likely N-dealkylation sites (tertiary alicyclic amines) is 4. The number of benzene rings is 1. The van der Waals surface area contributed by atoms with Crippen LogP contribution in [-0.4, -0.2) is 250 Å². The molecule has 4 fully saturated rings. The van der Waals surface area contributed by atoms with Crippen molar-refractivity contribution in [3.63, 3.8) is 0 Å². The molecule has 4 aliphatic rings. The summed E-state index contributed by atoms with van der Waals surface area (Å²) in [7, 11) is 0. The fourth-order valence-electron chi connectivity index (χ4n) is 13.1. The molecule has 10 amide bonds. The largest absolute Gasteiger partial charge is 0.508 e. The number of hydrogen-bond donors (Lipinski definition) is 19. The summed E-state index contributed by atoms with van der Waals surface area (Å²) in [5.41, 5.74) is 61.9. The number of nitrogens with two attached hydrogens (primary N) is 11. The van der Waals surface area contributed by atoms with E-state index in [0.717, 1.165) is 0 Å². The first kappa shape index (κ1) is 84.2. The number of aliphatic imine (C=N–C) groups is 5. The predicted octanol–water partition coefficient (Wildman–Crippen LogP) is -6.47. The highest BCUT2D eigenvalue weighted by molar-refractivity contribution is 6.00. The van der Waals surface area contributed by atoms with E-state index in [2.05, 4.69) is 56.9 Å². The average Bonchev–Trinajstić information content (AvgIpc) is 1.62. The van der Waals surface area contributed by atoms with Crippen molar-refractivity contribution >= 4 is 94.8 Å². The molecule has 1 aromatic carbocycles. The number of phenolic OH excluding ortho intramolecular Hbond substituents is 1. The minimum absolute atomic E-state index is 0.00489. The topological polar surface area (TPSA) is 661 Å². The summed E-state index contributed by atoms with van der Waals surface area (Å²) in [6.07, 6.45) is 3.32. The maximum absolute atomic E-state index is 15.1. The molecular weight excluding hydrogens is 1350 g/mol. The molecule has 39 heteroatoms. The number of carbonyl (C=O) groups is 11. The number of phenols is 1. The molecular formula is C65H110N26O13. The third-order valence-corrected chi connectivity index (χ3v) is 18.2. The van der Waals surface area contributed by atoms with Gasteiger partial charge in [0.2, 0.25) is 59.1 Å². The molecule has 39 nitrogen and oxygen atoms in total. The fraction of sp³-hybridized carbons (Fsp3) is 0.662. The second kappa shape index (κ2) is 42.2. The highest BCUT2D eigenvalue weighted by Gasteiger charge is 2.47. The van der Waals surface area contributed by atoms with Crippen LogP contribution in [0.3, 0.4) is 0 Å². The summed E-state index contributed by atoms with van der Waals surface area (Å²) < 4.78 is 0. The van der Waals surface area contributed by atoms with Crippen LogP contribution in [-0.2, 0) is 59.2 Å². The molecule has 0 radical (unpaired) electrons. The predicted molar refractivity (Wildman–Crippen MR) is 387 cm³/mol. The van der Waals surface area contributed by atoms with Gasteiger partial charge in [0.05, 0.1) is 6.04 Å². The van der Waals surface area contributed by atoms with Gasteiger partial charge in [-0.1, -0.05) is 26.0 Å². The van der Waals surface area contributed by atoms with Gasteiger partial charge in [0.15, 0.2) is 29.8 Å². The molecule has 4 saturated heterocycles. The van der Waals surface area contributed by atoms with Crippen LogP contribution >= 0.6 is 0 Å². The molecule has 0 aromatic heterocycles. The van der Waals surface area contributed by atoms with Crippen molar-refractivity contribution in [2.75, 3.05) is 58.9 Å². The number of aromatic hydroxyl groups is 1. The minimum atomic E-state index is -1.38. The first-order valence-corrected chi connectivity index (χ1v) is 35.4. The monoisotopic (exact) mass is 1460 g/mol. The lowest BCUT2D eigenvalue weighted by Gasteiger charge is -2.34. The van der Waals surface area contributed by atoms with Gasteiger partial charge in [0, 0.05) is 65.3 Å². The summed E-state index contributed by atoms with van der Waals surface area (Å²) in [4.78, 5) is 183. The molecule has 0 aliphatic carbocycles. The molecule has 11 atom stereocenters. The summed E-state index contributed by atoms with van der Waals surface area (Å²) in [6, 6.07) is -7.45. The first-order valence-electron chi connectivity index (χ1n) is 35.4. The van der Waals surface area contributed by atoms with Gasteiger partial charge in [-0.3, -0.25) is 72.9 Å². The van der Waals surface area contributed by atoms with Crippen LogP contribution in [0.5, 0.6) is 5.75 Å². The van der Waals surface area contributed by atoms with Crippen LogP contribution < -0.4 is 95.0 Å². The number of aliphatic carboxylic acids is 1. The van der Waals surface area contributed by atoms with E-state index < -0.39 is 132 Å². The number of hydrogen-bond acceptors (Lipinski definition) is 18. The van der Waals surface area contributed by atoms with Crippen molar-refractivity contribution in [1.82, 2.24) is 51.5 Å². The van der Waals surface area contributed by atoms with Crippen molar-refractivity contribution in [1.29, 1.82) is 0 Å². The van der Waals surface area contributed by atoms with Gasteiger partial charge in [0.1, 0.15) is 66.2 Å². The van der Waals surface area contributed by atoms with Gasteiger partial charge in [-0.25, -0.2) is 4.79 Å². The van der Waals surface area contributed by atoms with Crippen molar-refractivity contribution < 1.29 is 63.0 Å². The van der Waals surface area contributed by atoms with Gasteiger partial charge < -0.3 is 125 Å². The van der Waals surface area contributed by atoms with Crippen molar-refractivity contribution in [3.8, 4) is 5.75 Å². The molecule has 0 spiro atoms. The van der Waals surface area contributed by atoms with E-state index >= 15 is 9.59 Å². The highest BCUT2D eigenvalue weighted by atomic mass is 16.4. The smallest absolute Gasteiger partial charge is 0.326 e. The Bertz CT molecular complexity index is 3260. The van der Waals surface area contributed by atoms with Crippen LogP contribution in [0.4, 0.5) is 0 Å². The van der Waals surface area contributed by atoms with E-state index in [9.17, 15) is 53.4 Å². The molecule has 104 heavy (non-hydrogen) atoms. The van der Waals surface area contributed by atoms with Crippen LogP contribution in [0.15, 0.2) is 49.2 Å². The fourth-order valence-corrected chi connectivity index (χ4v) is 13.1. The SMILES string of the molecule is CC(C)C[C@H](NC(=O)[C@H](Cc1ccc(O)cc1)NC(=O)[C@@H]1CCCN1C(=O)[C@@H]1CCCN1C(=O)[C@H](CCCN=C(N)N)NC(=O)[C@@H]1CCCN1C(=O)[C@H](CCCN=C(N)N)NC(=O)[C@H](CCCN=C(N)N)NC(=O)[C@@H](N)CCCN=C(N)N)C(=O)N1CCC[C@H]1C(=O)N[C@@H](CCCN=C(N)N)C(=O)O. The Morgan fingerprint density at radius 1 is 0.423 bits per heavy atom. The molecule has 1 aromatic rings. The molecule has 5 rings (SSSR count). The first-order chi connectivity index (χ1) is 49.4. The maximum atomic E-state index is 15.1. The number of carboxylic acids is 1. The van der Waals surface area contributed by atoms with E-state index in [0.29, 0.717) is 37.7 Å². The Balaban J connectivity index is 1.36. The normalized spacial score (nSPS) is 19.0. The van der Waals surface area contributed by atoms with Crippen LogP contribution in [0.2, 0.25) is 0 Å². The molecule has 4 heterocycles. The number of carbonyl (C=O) groups excluding carboxylic acids is 10. The summed E-state index contributed by atoms with van der Waals surface area (Å²) in [5, 5.41) is 36.6. The van der Waals surface area contributed by atoms with E-state index in [1.165, 1.54) is 31.7 Å². The van der Waals surface area contributed by atoms with Gasteiger partial charge >= 0.3 is 5.97 Å². The summed E-state index contributed by atoms with van der Waals surface area (Å²) in [5.74, 6) is -9.30. The van der Waals surface area contributed by atoms with E-state index in [-0.39, 0.29) is 197 Å². The summed E-state index contributed by atoms with van der Waals surface area (Å²) >= 11 is 0. The Kier molecular flexibility index (Phi) is 34.1. The number of nitrogens with zero attached hydrogens (tertiary/aromatic N) is 9. The minimum Gasteiger partial charge on any atom is -0.508 e. The van der Waals surface area contributed by atoms with Gasteiger partial charge in [-0.05, 0) is 146 Å². The molecule has 0 unspecified atom stereocenters. The summed E-state index contributed by atoms with van der Waals surface area (Å²) in [6.45, 7) is 4.53. The molecule has 0 saturated carbocycles. The zero-order valence-corrected chi connectivity index (χ0v) is 59.5. The lowest BCUT2D eigenvalue weighted by molar-refractivity contribution is -0.148. The third kappa shape index (κ3) is 27.0. The molecule has 578 valence electrons. The standard InChI is InChI=1S/C65H110N26O13/c1-36(2)34-45(58(101)89-31-9-18-47(89)54(97)85-43(60(103)104)16-7-29-81-65(75)76)87-52(95)44(35-37-21-23-38(92)24-22-37)86-55(98)48-19-10-32-90(48)59(102)49-20-11-33-91(49)57(100)42(15-6-28-80-64(73)74)84-53(96)46-17-8-30-88(46)56(99)41(14-5-27-79-63(71)72)83-51(94)40(13-4-26-78-62(69)70)82-50(93)39(66)12-3-25-77-61(67)68/h21-24,36,39-49,92H,3-20,25-35,66H2,1-2H3,(H,82,93)(H,83,94)(H,84,96)(H,85,97)(H,86,98)(H,87,95)(H,103,104)(H4,67,68,77)(H4,69,70,78)(H4,71,72,79)(H4,73,74,80)(H4,75,76,81)/t39-,40-,41-,42-,43-,44-,45-,46-,47-,48-,49-/m0/s1.